The molecule has 0 saturated carbocycles. The van der Waals surface area contributed by atoms with Gasteiger partial charge >= 0.3 is 0 Å². The summed E-state index contributed by atoms with van der Waals surface area (Å²) in [6.45, 7) is 1.53. The maximum Gasteiger partial charge on any atom is 0.166 e. The molecule has 0 aromatic rings. The summed E-state index contributed by atoms with van der Waals surface area (Å²) in [4.78, 5) is 0. The maximum absolute atomic E-state index is 11.3. The first-order chi connectivity index (χ1) is 8.05. The molecule has 2 unspecified atom stereocenters. The lowest BCUT2D eigenvalue weighted by Crippen LogP contribution is -2.44. The monoisotopic (exact) mass is 278 g/mol. The molecule has 0 aromatic heterocycles. The van der Waals surface area contributed by atoms with Crippen molar-refractivity contribution in [1.29, 1.82) is 0 Å². The molecule has 17 heavy (non-hydrogen) atoms. The van der Waals surface area contributed by atoms with Crippen LogP contribution in [0.25, 0.3) is 0 Å². The molecule has 0 spiro atoms. The van der Waals surface area contributed by atoms with E-state index in [2.05, 4.69) is 10.6 Å². The van der Waals surface area contributed by atoms with Gasteiger partial charge in [0.05, 0.1) is 17.6 Å². The predicted octanol–water partition coefficient (Wildman–Crippen LogP) is -0.183. The van der Waals surface area contributed by atoms with Gasteiger partial charge in [-0.2, -0.15) is 0 Å². The van der Waals surface area contributed by atoms with Crippen LogP contribution in [0, 0.1) is 0 Å². The van der Waals surface area contributed by atoms with Crippen LogP contribution < -0.4 is 10.6 Å². The van der Waals surface area contributed by atoms with Crippen LogP contribution in [0.4, 0.5) is 0 Å². The van der Waals surface area contributed by atoms with E-state index in [4.69, 9.17) is 17.0 Å². The first-order valence-corrected chi connectivity index (χ1v) is 8.14. The van der Waals surface area contributed by atoms with E-state index in [9.17, 15) is 8.42 Å². The molecule has 2 heterocycles. The maximum atomic E-state index is 11.3. The molecular weight excluding hydrogens is 260 g/mol. The van der Waals surface area contributed by atoms with Crippen molar-refractivity contribution in [1.82, 2.24) is 10.6 Å². The van der Waals surface area contributed by atoms with Crippen molar-refractivity contribution in [3.8, 4) is 0 Å². The summed E-state index contributed by atoms with van der Waals surface area (Å²) < 4.78 is 28.0. The minimum Gasteiger partial charge on any atom is -0.376 e. The lowest BCUT2D eigenvalue weighted by molar-refractivity contribution is 0.114. The third kappa shape index (κ3) is 4.08. The largest absolute Gasteiger partial charge is 0.376 e. The van der Waals surface area contributed by atoms with Crippen LogP contribution in [0.5, 0.6) is 0 Å². The fourth-order valence-corrected chi connectivity index (χ4v) is 4.08. The van der Waals surface area contributed by atoms with Crippen molar-refractivity contribution in [2.24, 2.45) is 0 Å². The molecular formula is C10H18N2O3S2. The van der Waals surface area contributed by atoms with Gasteiger partial charge < -0.3 is 15.4 Å². The predicted molar refractivity (Wildman–Crippen MR) is 69.8 cm³/mol. The Labute approximate surface area is 107 Å². The van der Waals surface area contributed by atoms with E-state index in [-0.39, 0.29) is 23.7 Å². The van der Waals surface area contributed by atoms with Crippen molar-refractivity contribution in [3.63, 3.8) is 0 Å². The fourth-order valence-electron chi connectivity index (χ4n) is 2.16. The molecule has 2 saturated heterocycles. The first-order valence-electron chi connectivity index (χ1n) is 5.91. The molecule has 2 rings (SSSR count). The standard InChI is InChI=1S/C10H18N2O3S2/c13-17(14)5-3-8(7-17)12-10(16)11-6-9-2-1-4-15-9/h8-9H,1-7H2,(H2,11,12,16). The zero-order valence-electron chi connectivity index (χ0n) is 9.65. The summed E-state index contributed by atoms with van der Waals surface area (Å²) in [5.41, 5.74) is 0. The van der Waals surface area contributed by atoms with Crippen molar-refractivity contribution in [2.45, 2.75) is 31.4 Å². The van der Waals surface area contributed by atoms with Gasteiger partial charge in [-0.1, -0.05) is 0 Å². The summed E-state index contributed by atoms with van der Waals surface area (Å²) >= 11 is 5.13. The normalized spacial score (nSPS) is 31.3. The second kappa shape index (κ2) is 5.49. The Morgan fingerprint density at radius 2 is 2.24 bits per heavy atom. The average molecular weight is 278 g/mol. The molecule has 2 atom stereocenters. The van der Waals surface area contributed by atoms with Crippen LogP contribution in [0.15, 0.2) is 0 Å². The number of sulfone groups is 1. The number of hydrogen-bond acceptors (Lipinski definition) is 4. The highest BCUT2D eigenvalue weighted by atomic mass is 32.2. The van der Waals surface area contributed by atoms with Gasteiger partial charge in [0.25, 0.3) is 0 Å². The summed E-state index contributed by atoms with van der Waals surface area (Å²) in [7, 11) is -2.85. The SMILES string of the molecule is O=S1(=O)CCC(NC(=S)NCC2CCCO2)C1. The molecule has 2 aliphatic rings. The van der Waals surface area contributed by atoms with Gasteiger partial charge in [0.15, 0.2) is 14.9 Å². The van der Waals surface area contributed by atoms with Crippen molar-refractivity contribution in [2.75, 3.05) is 24.7 Å². The third-order valence-corrected chi connectivity index (χ3v) is 5.11. The van der Waals surface area contributed by atoms with Crippen LogP contribution in [-0.2, 0) is 14.6 Å². The Kier molecular flexibility index (Phi) is 4.22. The van der Waals surface area contributed by atoms with Gasteiger partial charge in [-0.05, 0) is 31.5 Å². The van der Waals surface area contributed by atoms with E-state index < -0.39 is 9.84 Å². The number of ether oxygens (including phenoxy) is 1. The average Bonchev–Trinajstić information content (AvgIpc) is 2.85. The minimum absolute atomic E-state index is 0.0375. The fraction of sp³-hybridized carbons (Fsp3) is 0.900. The highest BCUT2D eigenvalue weighted by Gasteiger charge is 2.28. The number of nitrogens with one attached hydrogen (secondary N) is 2. The van der Waals surface area contributed by atoms with Gasteiger partial charge in [0, 0.05) is 19.2 Å². The lowest BCUT2D eigenvalue weighted by Gasteiger charge is -2.16. The zero-order valence-corrected chi connectivity index (χ0v) is 11.3. The van der Waals surface area contributed by atoms with E-state index in [0.29, 0.717) is 18.1 Å². The summed E-state index contributed by atoms with van der Waals surface area (Å²) in [6.07, 6.45) is 3.05. The van der Waals surface area contributed by atoms with Gasteiger partial charge in [0.1, 0.15) is 0 Å². The number of hydrogen-bond donors (Lipinski definition) is 2. The van der Waals surface area contributed by atoms with Crippen molar-refractivity contribution in [3.05, 3.63) is 0 Å². The first kappa shape index (κ1) is 13.0. The molecule has 0 bridgehead atoms. The van der Waals surface area contributed by atoms with E-state index in [0.717, 1.165) is 19.4 Å². The Morgan fingerprint density at radius 3 is 2.82 bits per heavy atom. The van der Waals surface area contributed by atoms with Crippen LogP contribution in [-0.4, -0.2) is 50.3 Å². The highest BCUT2D eigenvalue weighted by Crippen LogP contribution is 2.12. The Hall–Kier alpha value is -0.400. The van der Waals surface area contributed by atoms with E-state index in [1.807, 2.05) is 0 Å². The topological polar surface area (TPSA) is 67.4 Å². The van der Waals surface area contributed by atoms with E-state index in [1.165, 1.54) is 0 Å². The van der Waals surface area contributed by atoms with Gasteiger partial charge in [0.2, 0.25) is 0 Å². The smallest absolute Gasteiger partial charge is 0.166 e. The van der Waals surface area contributed by atoms with E-state index >= 15 is 0 Å². The molecule has 0 aliphatic carbocycles. The summed E-state index contributed by atoms with van der Waals surface area (Å²) in [5, 5.41) is 6.65. The summed E-state index contributed by atoms with van der Waals surface area (Å²) in [6, 6.07) is -0.0375. The molecule has 5 nitrogen and oxygen atoms in total. The Morgan fingerprint density at radius 1 is 1.41 bits per heavy atom. The molecule has 2 aliphatic heterocycles. The van der Waals surface area contributed by atoms with Gasteiger partial charge in [-0.3, -0.25) is 0 Å². The van der Waals surface area contributed by atoms with Crippen molar-refractivity contribution < 1.29 is 13.2 Å². The molecule has 2 N–H and O–H groups in total. The van der Waals surface area contributed by atoms with E-state index in [1.54, 1.807) is 0 Å². The molecule has 0 amide bonds. The second-order valence-corrected chi connectivity index (χ2v) is 7.23. The van der Waals surface area contributed by atoms with Crippen molar-refractivity contribution >= 4 is 27.2 Å². The second-order valence-electron chi connectivity index (χ2n) is 4.59. The zero-order chi connectivity index (χ0) is 12.3. The third-order valence-electron chi connectivity index (χ3n) is 3.08. The Balaban J connectivity index is 1.67. The van der Waals surface area contributed by atoms with Crippen LogP contribution in [0.1, 0.15) is 19.3 Å². The number of rotatable bonds is 3. The van der Waals surface area contributed by atoms with Crippen LogP contribution in [0.3, 0.4) is 0 Å². The minimum atomic E-state index is -2.85. The molecule has 0 aromatic carbocycles. The highest BCUT2D eigenvalue weighted by molar-refractivity contribution is 7.91. The molecule has 2 fully saturated rings. The van der Waals surface area contributed by atoms with Crippen LogP contribution >= 0.6 is 12.2 Å². The summed E-state index contributed by atoms with van der Waals surface area (Å²) in [5.74, 6) is 0.452. The molecule has 98 valence electrons. The van der Waals surface area contributed by atoms with Crippen LogP contribution in [0.2, 0.25) is 0 Å². The number of thiocarbonyl (C=S) groups is 1. The molecule has 7 heteroatoms. The Bertz CT molecular complexity index is 377. The quantitative estimate of drug-likeness (QED) is 0.698. The van der Waals surface area contributed by atoms with Gasteiger partial charge in [-0.25, -0.2) is 8.42 Å². The lowest BCUT2D eigenvalue weighted by atomic mass is 10.2. The molecule has 0 radical (unpaired) electrons. The van der Waals surface area contributed by atoms with Gasteiger partial charge in [-0.15, -0.1) is 0 Å².